The number of rotatable bonds is 0. The highest BCUT2D eigenvalue weighted by atomic mass is 14.9. The second kappa shape index (κ2) is 5.65. The van der Waals surface area contributed by atoms with E-state index in [0.717, 1.165) is 0 Å². The maximum atomic E-state index is 5.21. The third-order valence-corrected chi connectivity index (χ3v) is 1.17. The van der Waals surface area contributed by atoms with E-state index in [9.17, 15) is 0 Å². The Morgan fingerprint density at radius 2 is 1.69 bits per heavy atom. The standard InChI is InChI=1S/C5H5N.C4H5N3/c1-2-4-6-5-3-1;5-4-1-2-6-3-7-4/h1-5H;1-3H,(H2,5,6,7). The molecule has 2 rings (SSSR count). The van der Waals surface area contributed by atoms with Gasteiger partial charge in [0.15, 0.2) is 0 Å². The van der Waals surface area contributed by atoms with Gasteiger partial charge in [0.25, 0.3) is 0 Å². The average Bonchev–Trinajstić information content (AvgIpc) is 2.22. The van der Waals surface area contributed by atoms with Crippen LogP contribution < -0.4 is 5.73 Å². The molecule has 0 unspecified atom stereocenters. The lowest BCUT2D eigenvalue weighted by atomic mass is 10.5. The number of nitrogen functional groups attached to an aromatic ring is 1. The number of nitrogens with two attached hydrogens (primary N) is 1. The fourth-order valence-electron chi connectivity index (χ4n) is 0.614. The van der Waals surface area contributed by atoms with E-state index in [1.54, 1.807) is 24.7 Å². The van der Waals surface area contributed by atoms with Crippen molar-refractivity contribution < 1.29 is 0 Å². The van der Waals surface area contributed by atoms with Crippen LogP contribution in [0.15, 0.2) is 49.2 Å². The van der Waals surface area contributed by atoms with Crippen LogP contribution in [-0.2, 0) is 0 Å². The van der Waals surface area contributed by atoms with Crippen molar-refractivity contribution in [1.29, 1.82) is 0 Å². The Morgan fingerprint density at radius 3 is 1.92 bits per heavy atom. The summed E-state index contributed by atoms with van der Waals surface area (Å²) >= 11 is 0. The molecule has 2 aromatic heterocycles. The van der Waals surface area contributed by atoms with Crippen molar-refractivity contribution in [2.75, 3.05) is 5.73 Å². The predicted octanol–water partition coefficient (Wildman–Crippen LogP) is 1.14. The van der Waals surface area contributed by atoms with E-state index in [1.807, 2.05) is 18.2 Å². The monoisotopic (exact) mass is 174 g/mol. The molecule has 0 saturated heterocycles. The highest BCUT2D eigenvalue weighted by Gasteiger charge is 1.74. The molecule has 0 aliphatic rings. The van der Waals surface area contributed by atoms with E-state index >= 15 is 0 Å². The van der Waals surface area contributed by atoms with Crippen LogP contribution in [0.4, 0.5) is 5.82 Å². The zero-order valence-electron chi connectivity index (χ0n) is 7.04. The van der Waals surface area contributed by atoms with E-state index < -0.39 is 0 Å². The van der Waals surface area contributed by atoms with Crippen molar-refractivity contribution >= 4 is 5.82 Å². The fraction of sp³-hybridized carbons (Fsp3) is 0. The van der Waals surface area contributed by atoms with Crippen molar-refractivity contribution in [3.8, 4) is 0 Å². The highest BCUT2D eigenvalue weighted by molar-refractivity contribution is 5.22. The van der Waals surface area contributed by atoms with Gasteiger partial charge < -0.3 is 5.73 Å². The summed E-state index contributed by atoms with van der Waals surface area (Å²) in [6.45, 7) is 0. The second-order valence-electron chi connectivity index (χ2n) is 2.16. The zero-order valence-corrected chi connectivity index (χ0v) is 7.04. The van der Waals surface area contributed by atoms with Gasteiger partial charge in [0.1, 0.15) is 12.1 Å². The number of nitrogens with zero attached hydrogens (tertiary/aromatic N) is 3. The van der Waals surface area contributed by atoms with Crippen molar-refractivity contribution in [3.63, 3.8) is 0 Å². The first kappa shape index (κ1) is 9.12. The lowest BCUT2D eigenvalue weighted by molar-refractivity contribution is 1.18. The van der Waals surface area contributed by atoms with Crippen LogP contribution in [0.2, 0.25) is 0 Å². The Kier molecular flexibility index (Phi) is 3.96. The van der Waals surface area contributed by atoms with E-state index in [0.29, 0.717) is 5.82 Å². The second-order valence-corrected chi connectivity index (χ2v) is 2.16. The number of anilines is 1. The van der Waals surface area contributed by atoms with Gasteiger partial charge >= 0.3 is 0 Å². The predicted molar refractivity (Wildman–Crippen MR) is 50.7 cm³/mol. The van der Waals surface area contributed by atoms with Crippen LogP contribution in [0.5, 0.6) is 0 Å². The first-order valence-corrected chi connectivity index (χ1v) is 3.76. The largest absolute Gasteiger partial charge is 0.384 e. The van der Waals surface area contributed by atoms with Crippen LogP contribution in [0.25, 0.3) is 0 Å². The Balaban J connectivity index is 0.000000132. The molecule has 0 spiro atoms. The van der Waals surface area contributed by atoms with E-state index in [4.69, 9.17) is 5.73 Å². The first-order valence-electron chi connectivity index (χ1n) is 3.76. The van der Waals surface area contributed by atoms with Crippen LogP contribution in [0.1, 0.15) is 0 Å². The van der Waals surface area contributed by atoms with Gasteiger partial charge in [-0.2, -0.15) is 0 Å². The summed E-state index contributed by atoms with van der Waals surface area (Å²) in [6, 6.07) is 7.35. The van der Waals surface area contributed by atoms with E-state index in [2.05, 4.69) is 15.0 Å². The van der Waals surface area contributed by atoms with Crippen LogP contribution in [-0.4, -0.2) is 15.0 Å². The molecule has 0 fully saturated rings. The van der Waals surface area contributed by atoms with Gasteiger partial charge in [-0.1, -0.05) is 6.07 Å². The Hall–Kier alpha value is -1.97. The van der Waals surface area contributed by atoms with E-state index in [-0.39, 0.29) is 0 Å². The summed E-state index contributed by atoms with van der Waals surface area (Å²) in [5.41, 5.74) is 5.21. The molecule has 0 amide bonds. The molecule has 4 heteroatoms. The number of aromatic nitrogens is 3. The maximum absolute atomic E-state index is 5.21. The molecule has 0 aliphatic heterocycles. The molecule has 66 valence electrons. The summed E-state index contributed by atoms with van der Waals surface area (Å²) in [6.07, 6.45) is 6.51. The number of hydrogen-bond donors (Lipinski definition) is 1. The molecular formula is C9H10N4. The zero-order chi connectivity index (χ0) is 9.36. The first-order chi connectivity index (χ1) is 6.39. The maximum Gasteiger partial charge on any atom is 0.126 e. The highest BCUT2D eigenvalue weighted by Crippen LogP contribution is 1.85. The summed E-state index contributed by atoms with van der Waals surface area (Å²) in [5, 5.41) is 0. The Morgan fingerprint density at radius 1 is 0.923 bits per heavy atom. The SMILES string of the molecule is Nc1ccncn1.c1ccncc1. The fourth-order valence-corrected chi connectivity index (χ4v) is 0.614. The average molecular weight is 174 g/mol. The molecule has 2 N–H and O–H groups in total. The molecule has 0 aromatic carbocycles. The van der Waals surface area contributed by atoms with Gasteiger partial charge in [-0.15, -0.1) is 0 Å². The van der Waals surface area contributed by atoms with Crippen molar-refractivity contribution in [1.82, 2.24) is 15.0 Å². The van der Waals surface area contributed by atoms with Crippen molar-refractivity contribution in [2.45, 2.75) is 0 Å². The smallest absolute Gasteiger partial charge is 0.126 e. The summed E-state index contributed by atoms with van der Waals surface area (Å²) in [5.74, 6) is 0.509. The van der Waals surface area contributed by atoms with Gasteiger partial charge in [-0.25, -0.2) is 9.97 Å². The van der Waals surface area contributed by atoms with Crippen LogP contribution in [0.3, 0.4) is 0 Å². The summed E-state index contributed by atoms with van der Waals surface area (Å²) in [4.78, 5) is 11.1. The van der Waals surface area contributed by atoms with Crippen molar-refractivity contribution in [3.05, 3.63) is 49.2 Å². The van der Waals surface area contributed by atoms with Crippen LogP contribution in [0, 0.1) is 0 Å². The van der Waals surface area contributed by atoms with Gasteiger partial charge in [0.05, 0.1) is 0 Å². The van der Waals surface area contributed by atoms with Gasteiger partial charge in [-0.05, 0) is 18.2 Å². The molecule has 0 saturated carbocycles. The molecule has 0 bridgehead atoms. The Labute approximate surface area is 76.5 Å². The lowest BCUT2D eigenvalue weighted by Gasteiger charge is -1.82. The minimum absolute atomic E-state index is 0.509. The molecule has 2 heterocycles. The topological polar surface area (TPSA) is 64.7 Å². The number of hydrogen-bond acceptors (Lipinski definition) is 4. The molecule has 0 radical (unpaired) electrons. The quantitative estimate of drug-likeness (QED) is 0.650. The minimum Gasteiger partial charge on any atom is -0.384 e. The third kappa shape index (κ3) is 4.47. The molecular weight excluding hydrogens is 164 g/mol. The summed E-state index contributed by atoms with van der Waals surface area (Å²) in [7, 11) is 0. The Bertz CT molecular complexity index is 282. The normalized spacial score (nSPS) is 8.31. The van der Waals surface area contributed by atoms with Gasteiger partial charge in [-0.3, -0.25) is 4.98 Å². The third-order valence-electron chi connectivity index (χ3n) is 1.17. The minimum atomic E-state index is 0.509. The van der Waals surface area contributed by atoms with Gasteiger partial charge in [0, 0.05) is 18.6 Å². The van der Waals surface area contributed by atoms with E-state index in [1.165, 1.54) is 6.33 Å². The molecule has 0 aliphatic carbocycles. The van der Waals surface area contributed by atoms with Gasteiger partial charge in [0.2, 0.25) is 0 Å². The molecule has 4 nitrogen and oxygen atoms in total. The van der Waals surface area contributed by atoms with Crippen molar-refractivity contribution in [2.24, 2.45) is 0 Å². The molecule has 13 heavy (non-hydrogen) atoms. The summed E-state index contributed by atoms with van der Waals surface area (Å²) < 4.78 is 0. The molecule has 0 atom stereocenters. The van der Waals surface area contributed by atoms with Crippen LogP contribution >= 0.6 is 0 Å². The lowest BCUT2D eigenvalue weighted by Crippen LogP contribution is -1.87. The molecule has 2 aromatic rings. The number of pyridine rings is 1.